The minimum absolute atomic E-state index is 0.0155. The highest BCUT2D eigenvalue weighted by Gasteiger charge is 2.21. The van der Waals surface area contributed by atoms with Crippen molar-refractivity contribution < 1.29 is 14.6 Å². The molecule has 3 rings (SSSR count). The molecule has 0 aliphatic carbocycles. The normalized spacial score (nSPS) is 12.6. The van der Waals surface area contributed by atoms with E-state index in [0.29, 0.717) is 29.2 Å². The van der Waals surface area contributed by atoms with Gasteiger partial charge in [0.2, 0.25) is 0 Å². The van der Waals surface area contributed by atoms with Gasteiger partial charge in [-0.15, -0.1) is 0 Å². The average Bonchev–Trinajstić information content (AvgIpc) is 3.17. The number of imidazole rings is 1. The molecule has 0 saturated heterocycles. The first-order chi connectivity index (χ1) is 16.5. The lowest BCUT2D eigenvalue weighted by molar-refractivity contribution is 0.0930. The van der Waals surface area contributed by atoms with Crippen LogP contribution < -0.4 is 10.1 Å². The molecule has 1 aromatic carbocycles. The lowest BCUT2D eigenvalue weighted by atomic mass is 9.96. The number of rotatable bonds is 9. The van der Waals surface area contributed by atoms with E-state index in [0.717, 1.165) is 22.8 Å². The topological polar surface area (TPSA) is 89.3 Å². The standard InChI is InChI=1S/C27H35ClN4O3/c1-17(2)35-24-10-8-18(13-22(24)28)25(34)30-21(11-12-33)14-20-9-7-19(15-29-20)23-16-32(6)26(31-23)27(3,4)5/h7-10,13,15-17,21,33H,11-12,14H2,1-6H3,(H,30,34)/t21-/m1/s1. The summed E-state index contributed by atoms with van der Waals surface area (Å²) in [5.74, 6) is 1.28. The number of nitrogens with one attached hydrogen (secondary N) is 1. The van der Waals surface area contributed by atoms with E-state index >= 15 is 0 Å². The van der Waals surface area contributed by atoms with E-state index in [1.807, 2.05) is 43.8 Å². The summed E-state index contributed by atoms with van der Waals surface area (Å²) in [5, 5.41) is 12.9. The van der Waals surface area contributed by atoms with E-state index in [-0.39, 0.29) is 30.1 Å². The summed E-state index contributed by atoms with van der Waals surface area (Å²) in [7, 11) is 2.00. The molecule has 1 atom stereocenters. The van der Waals surface area contributed by atoms with E-state index in [2.05, 4.69) is 31.1 Å². The van der Waals surface area contributed by atoms with Crippen molar-refractivity contribution in [2.75, 3.05) is 6.61 Å². The van der Waals surface area contributed by atoms with Crippen molar-refractivity contribution >= 4 is 17.5 Å². The Morgan fingerprint density at radius 2 is 1.97 bits per heavy atom. The number of amides is 1. The highest BCUT2D eigenvalue weighted by atomic mass is 35.5. The van der Waals surface area contributed by atoms with Gasteiger partial charge in [-0.3, -0.25) is 9.78 Å². The van der Waals surface area contributed by atoms with Crippen LogP contribution in [0.1, 0.15) is 62.9 Å². The van der Waals surface area contributed by atoms with Crippen molar-refractivity contribution in [1.82, 2.24) is 19.9 Å². The van der Waals surface area contributed by atoms with Gasteiger partial charge in [-0.1, -0.05) is 32.4 Å². The maximum atomic E-state index is 12.8. The van der Waals surface area contributed by atoms with Crippen molar-refractivity contribution in [2.24, 2.45) is 7.05 Å². The number of aromatic nitrogens is 3. The van der Waals surface area contributed by atoms with E-state index in [9.17, 15) is 9.90 Å². The van der Waals surface area contributed by atoms with Crippen molar-refractivity contribution in [3.8, 4) is 17.0 Å². The van der Waals surface area contributed by atoms with Gasteiger partial charge in [0.1, 0.15) is 11.6 Å². The number of ether oxygens (including phenoxy) is 1. The third kappa shape index (κ3) is 7.05. The minimum atomic E-state index is -0.279. The highest BCUT2D eigenvalue weighted by Crippen LogP contribution is 2.27. The number of aliphatic hydroxyl groups excluding tert-OH is 1. The number of pyridine rings is 1. The fourth-order valence-corrected chi connectivity index (χ4v) is 4.12. The van der Waals surface area contributed by atoms with Crippen molar-refractivity contribution in [3.63, 3.8) is 0 Å². The molecule has 7 nitrogen and oxygen atoms in total. The summed E-state index contributed by atoms with van der Waals surface area (Å²) in [6.45, 7) is 10.2. The van der Waals surface area contributed by atoms with Gasteiger partial charge in [0.25, 0.3) is 5.91 Å². The van der Waals surface area contributed by atoms with Crippen LogP contribution in [-0.4, -0.2) is 44.3 Å². The number of benzene rings is 1. The first-order valence-electron chi connectivity index (χ1n) is 11.8. The number of hydrogen-bond acceptors (Lipinski definition) is 5. The van der Waals surface area contributed by atoms with E-state index in [4.69, 9.17) is 21.3 Å². The zero-order valence-corrected chi connectivity index (χ0v) is 22.1. The van der Waals surface area contributed by atoms with Crippen LogP contribution in [-0.2, 0) is 18.9 Å². The van der Waals surface area contributed by atoms with Gasteiger partial charge in [0.05, 0.1) is 16.8 Å². The Morgan fingerprint density at radius 3 is 2.51 bits per heavy atom. The molecule has 0 radical (unpaired) electrons. The van der Waals surface area contributed by atoms with Gasteiger partial charge in [0.15, 0.2) is 0 Å². The summed E-state index contributed by atoms with van der Waals surface area (Å²) in [6.07, 6.45) is 4.69. The Kier molecular flexibility index (Phi) is 8.56. The number of aryl methyl sites for hydroxylation is 1. The van der Waals surface area contributed by atoms with Crippen LogP contribution in [0.3, 0.4) is 0 Å². The molecule has 0 spiro atoms. The van der Waals surface area contributed by atoms with E-state index < -0.39 is 0 Å². The largest absolute Gasteiger partial charge is 0.489 e. The molecule has 188 valence electrons. The highest BCUT2D eigenvalue weighted by molar-refractivity contribution is 6.32. The fraction of sp³-hybridized carbons (Fsp3) is 0.444. The van der Waals surface area contributed by atoms with Gasteiger partial charge in [-0.25, -0.2) is 4.98 Å². The van der Waals surface area contributed by atoms with E-state index in [1.165, 1.54) is 0 Å². The molecule has 8 heteroatoms. The molecular weight excluding hydrogens is 464 g/mol. The third-order valence-corrected chi connectivity index (χ3v) is 5.79. The zero-order valence-electron chi connectivity index (χ0n) is 21.3. The number of aliphatic hydroxyl groups is 1. The molecular formula is C27H35ClN4O3. The van der Waals surface area contributed by atoms with Crippen molar-refractivity contribution in [2.45, 2.75) is 65.0 Å². The number of carbonyl (C=O) groups excluding carboxylic acids is 1. The molecule has 0 fully saturated rings. The summed E-state index contributed by atoms with van der Waals surface area (Å²) in [6, 6.07) is 8.62. The molecule has 35 heavy (non-hydrogen) atoms. The molecule has 2 heterocycles. The second-order valence-corrected chi connectivity index (χ2v) is 10.5. The lowest BCUT2D eigenvalue weighted by Crippen LogP contribution is -2.37. The van der Waals surface area contributed by atoms with Crippen molar-refractivity contribution in [3.05, 3.63) is 64.8 Å². The Morgan fingerprint density at radius 1 is 1.23 bits per heavy atom. The molecule has 0 unspecified atom stereocenters. The van der Waals surface area contributed by atoms with Crippen LogP contribution in [0, 0.1) is 0 Å². The molecule has 0 aliphatic heterocycles. The quantitative estimate of drug-likeness (QED) is 0.436. The molecule has 3 aromatic rings. The van der Waals surface area contributed by atoms with Crippen LogP contribution in [0.4, 0.5) is 0 Å². The summed E-state index contributed by atoms with van der Waals surface area (Å²) < 4.78 is 7.68. The Labute approximate surface area is 212 Å². The van der Waals surface area contributed by atoms with Gasteiger partial charge in [-0.05, 0) is 50.6 Å². The summed E-state index contributed by atoms with van der Waals surface area (Å²) >= 11 is 6.28. The van der Waals surface area contributed by atoms with Crippen LogP contribution in [0.15, 0.2) is 42.7 Å². The Hall–Kier alpha value is -2.90. The second-order valence-electron chi connectivity index (χ2n) is 10.0. The van der Waals surface area contributed by atoms with Crippen LogP contribution in [0.25, 0.3) is 11.3 Å². The molecule has 0 saturated carbocycles. The Balaban J connectivity index is 1.69. The average molecular weight is 499 g/mol. The zero-order chi connectivity index (χ0) is 25.8. The van der Waals surface area contributed by atoms with Gasteiger partial charge >= 0.3 is 0 Å². The fourth-order valence-electron chi connectivity index (χ4n) is 3.89. The van der Waals surface area contributed by atoms with Crippen molar-refractivity contribution in [1.29, 1.82) is 0 Å². The first kappa shape index (κ1) is 26.7. The number of carbonyl (C=O) groups is 1. The molecule has 2 aromatic heterocycles. The third-order valence-electron chi connectivity index (χ3n) is 5.49. The van der Waals surface area contributed by atoms with Gasteiger partial charge in [0, 0.05) is 60.7 Å². The lowest BCUT2D eigenvalue weighted by Gasteiger charge is -2.18. The summed E-state index contributed by atoms with van der Waals surface area (Å²) in [4.78, 5) is 22.2. The monoisotopic (exact) mass is 498 g/mol. The predicted molar refractivity (Wildman–Crippen MR) is 139 cm³/mol. The smallest absolute Gasteiger partial charge is 0.251 e. The maximum Gasteiger partial charge on any atom is 0.251 e. The van der Waals surface area contributed by atoms with Gasteiger partial charge < -0.3 is 19.7 Å². The number of halogens is 1. The molecule has 0 aliphatic rings. The van der Waals surface area contributed by atoms with E-state index in [1.54, 1.807) is 24.4 Å². The predicted octanol–water partition coefficient (Wildman–Crippen LogP) is 4.94. The minimum Gasteiger partial charge on any atom is -0.489 e. The first-order valence-corrected chi connectivity index (χ1v) is 12.2. The van der Waals surface area contributed by atoms with Crippen LogP contribution in [0.5, 0.6) is 5.75 Å². The summed E-state index contributed by atoms with van der Waals surface area (Å²) in [5.41, 5.74) is 3.00. The molecule has 0 bridgehead atoms. The number of nitrogens with zero attached hydrogens (tertiary/aromatic N) is 3. The molecule has 2 N–H and O–H groups in total. The second kappa shape index (κ2) is 11.2. The van der Waals surface area contributed by atoms with Crippen LogP contribution in [0.2, 0.25) is 5.02 Å². The van der Waals surface area contributed by atoms with Gasteiger partial charge in [-0.2, -0.15) is 0 Å². The Bertz CT molecular complexity index is 1150. The maximum absolute atomic E-state index is 12.8. The SMILES string of the molecule is CC(C)Oc1ccc(C(=O)N[C@H](CCO)Cc2ccc(-c3cn(C)c(C(C)(C)C)n3)cn2)cc1Cl. The molecule has 1 amide bonds. The van der Waals surface area contributed by atoms with Crippen LogP contribution >= 0.6 is 11.6 Å². The number of hydrogen-bond donors (Lipinski definition) is 2.